The first-order chi connectivity index (χ1) is 21.9. The Morgan fingerprint density at radius 1 is 0.957 bits per heavy atom. The Balaban J connectivity index is 1.12. The van der Waals surface area contributed by atoms with Gasteiger partial charge in [0.25, 0.3) is 0 Å². The maximum absolute atomic E-state index is 13.5. The summed E-state index contributed by atoms with van der Waals surface area (Å²) in [5, 5.41) is 24.0. The number of aromatic hydroxyl groups is 1. The summed E-state index contributed by atoms with van der Waals surface area (Å²) in [5.74, 6) is -0.769. The van der Waals surface area contributed by atoms with Crippen molar-refractivity contribution in [3.8, 4) is 5.75 Å². The van der Waals surface area contributed by atoms with Gasteiger partial charge in [-0.3, -0.25) is 9.52 Å². The number of phenols is 1. The van der Waals surface area contributed by atoms with Gasteiger partial charge in [-0.25, -0.2) is 16.8 Å². The molecule has 3 aromatic rings. The summed E-state index contributed by atoms with van der Waals surface area (Å²) in [4.78, 5) is 15.1. The number of anilines is 2. The zero-order chi connectivity index (χ0) is 32.9. The first-order valence-electron chi connectivity index (χ1n) is 15.2. The molecule has 2 fully saturated rings. The number of aliphatic hydroxyl groups excluding tert-OH is 1. The lowest BCUT2D eigenvalue weighted by atomic mass is 10.0. The molecular formula is C32H40N4O8S2. The van der Waals surface area contributed by atoms with Crippen molar-refractivity contribution in [2.75, 3.05) is 42.1 Å². The van der Waals surface area contributed by atoms with Crippen LogP contribution >= 0.6 is 0 Å². The van der Waals surface area contributed by atoms with E-state index in [1.54, 1.807) is 30.3 Å². The minimum atomic E-state index is -3.89. The zero-order valence-corrected chi connectivity index (χ0v) is 27.2. The number of sulfonamides is 2. The van der Waals surface area contributed by atoms with Crippen molar-refractivity contribution in [1.82, 2.24) is 9.62 Å². The van der Waals surface area contributed by atoms with Gasteiger partial charge in [0.1, 0.15) is 18.4 Å². The Bertz CT molecular complexity index is 1710. The Kier molecular flexibility index (Phi) is 10.5. The Morgan fingerprint density at radius 2 is 1.65 bits per heavy atom. The van der Waals surface area contributed by atoms with Crippen LogP contribution in [0.3, 0.4) is 0 Å². The predicted octanol–water partition coefficient (Wildman–Crippen LogP) is 2.95. The van der Waals surface area contributed by atoms with Gasteiger partial charge in [0.05, 0.1) is 22.9 Å². The molecule has 0 saturated carbocycles. The molecule has 0 unspecified atom stereocenters. The van der Waals surface area contributed by atoms with Gasteiger partial charge in [-0.05, 0) is 73.2 Å². The summed E-state index contributed by atoms with van der Waals surface area (Å²) in [6.45, 7) is 2.05. The number of aliphatic hydroxyl groups is 1. The number of ether oxygens (including phenoxy) is 1. The fourth-order valence-corrected chi connectivity index (χ4v) is 8.04. The molecule has 0 bridgehead atoms. The number of hydrogen-bond acceptors (Lipinski definition) is 10. The Hall–Kier alpha value is -3.69. The zero-order valence-electron chi connectivity index (χ0n) is 25.6. The fraction of sp³-hybridized carbons (Fsp3) is 0.406. The highest BCUT2D eigenvalue weighted by atomic mass is 32.2. The summed E-state index contributed by atoms with van der Waals surface area (Å²) in [7, 11) is -7.48. The number of phenolic OH excluding ortho intramolecular Hbond substituents is 1. The maximum atomic E-state index is 13.5. The average molecular weight is 673 g/mol. The molecule has 0 aromatic heterocycles. The molecule has 0 aliphatic carbocycles. The molecular weight excluding hydrogens is 633 g/mol. The van der Waals surface area contributed by atoms with Crippen molar-refractivity contribution in [1.29, 1.82) is 0 Å². The number of rotatable bonds is 12. The number of benzene rings is 3. The number of carbonyl (C=O) groups excluding carboxylic acids is 1. The lowest BCUT2D eigenvalue weighted by Gasteiger charge is -2.34. The predicted molar refractivity (Wildman–Crippen MR) is 174 cm³/mol. The van der Waals surface area contributed by atoms with Crippen LogP contribution in [-0.4, -0.2) is 81.8 Å². The van der Waals surface area contributed by atoms with Gasteiger partial charge >= 0.3 is 5.97 Å². The van der Waals surface area contributed by atoms with E-state index in [4.69, 9.17) is 4.74 Å². The topological polar surface area (TPSA) is 166 Å². The monoisotopic (exact) mass is 672 g/mol. The smallest absolute Gasteiger partial charge is 0.324 e. The maximum Gasteiger partial charge on any atom is 0.324 e. The third-order valence-corrected chi connectivity index (χ3v) is 10.8. The molecule has 2 saturated heterocycles. The molecule has 0 radical (unpaired) electrons. The van der Waals surface area contributed by atoms with Crippen molar-refractivity contribution < 1.29 is 36.6 Å². The summed E-state index contributed by atoms with van der Waals surface area (Å²) < 4.78 is 59.1. The normalized spacial score (nSPS) is 18.7. The van der Waals surface area contributed by atoms with E-state index < -0.39 is 38.2 Å². The lowest BCUT2D eigenvalue weighted by molar-refractivity contribution is -0.148. The van der Waals surface area contributed by atoms with Crippen LogP contribution in [-0.2, 0) is 36.2 Å². The van der Waals surface area contributed by atoms with E-state index in [0.717, 1.165) is 43.4 Å². The van der Waals surface area contributed by atoms with Crippen molar-refractivity contribution in [3.05, 3.63) is 83.9 Å². The lowest BCUT2D eigenvalue weighted by Crippen LogP contribution is -2.43. The van der Waals surface area contributed by atoms with E-state index in [-0.39, 0.29) is 42.1 Å². The van der Waals surface area contributed by atoms with E-state index in [1.807, 2.05) is 30.3 Å². The van der Waals surface area contributed by atoms with Gasteiger partial charge in [-0.1, -0.05) is 36.4 Å². The summed E-state index contributed by atoms with van der Waals surface area (Å²) >= 11 is 0. The van der Waals surface area contributed by atoms with Gasteiger partial charge in [-0.15, -0.1) is 0 Å². The number of nitrogens with zero attached hydrogens (tertiary/aromatic N) is 2. The fourth-order valence-electron chi connectivity index (χ4n) is 5.83. The number of hydrogen-bond donors (Lipinski definition) is 4. The van der Waals surface area contributed by atoms with Gasteiger partial charge in [0.15, 0.2) is 0 Å². The SMILES string of the molecule is CS(=O)(=O)Nc1cc([C@H](O)CNC2CCN(c3ccc(S(=O)(=O)N4CCC[C@@H]4C(=O)OCc4ccccc4)cc3)CC2)ccc1O. The number of piperidine rings is 1. The molecule has 46 heavy (non-hydrogen) atoms. The van der Waals surface area contributed by atoms with Crippen LogP contribution in [0.2, 0.25) is 0 Å². The minimum absolute atomic E-state index is 0.00719. The van der Waals surface area contributed by atoms with Crippen molar-refractivity contribution >= 4 is 37.4 Å². The first kappa shape index (κ1) is 33.7. The Labute approximate surface area is 270 Å². The standard InChI is InChI=1S/C32H40N4O8S2/c1-45(40,41)34-28-20-24(9-14-30(28)37)31(38)21-33-25-15-18-35(19-16-25)26-10-12-27(13-11-26)46(42,43)36-17-5-8-29(36)32(39)44-22-23-6-3-2-4-7-23/h2-4,6-7,9-14,20,25,29,31,33-34,37-38H,5,8,15-19,21-22H2,1H3/t29-,31-/m1/s1. The van der Waals surface area contributed by atoms with Crippen LogP contribution in [0.4, 0.5) is 11.4 Å². The van der Waals surface area contributed by atoms with Crippen molar-refractivity contribution in [2.45, 2.75) is 55.4 Å². The van der Waals surface area contributed by atoms with Crippen molar-refractivity contribution in [2.24, 2.45) is 0 Å². The number of nitrogens with one attached hydrogen (secondary N) is 2. The van der Waals surface area contributed by atoms with E-state index in [1.165, 1.54) is 16.4 Å². The molecule has 2 heterocycles. The molecule has 14 heteroatoms. The van der Waals surface area contributed by atoms with Gasteiger partial charge in [0, 0.05) is 37.9 Å². The van der Waals surface area contributed by atoms with Crippen LogP contribution in [0.25, 0.3) is 0 Å². The highest BCUT2D eigenvalue weighted by Crippen LogP contribution is 2.30. The molecule has 3 aromatic carbocycles. The second kappa shape index (κ2) is 14.4. The van der Waals surface area contributed by atoms with Gasteiger partial charge in [-0.2, -0.15) is 4.31 Å². The number of esters is 1. The van der Waals surface area contributed by atoms with Gasteiger partial charge < -0.3 is 25.2 Å². The molecule has 2 aliphatic heterocycles. The molecule has 0 amide bonds. The van der Waals surface area contributed by atoms with Crippen LogP contribution in [0.1, 0.15) is 42.9 Å². The quantitative estimate of drug-likeness (QED) is 0.166. The molecule has 0 spiro atoms. The molecule has 2 aliphatic rings. The summed E-state index contributed by atoms with van der Waals surface area (Å²) in [5.41, 5.74) is 2.21. The van der Waals surface area contributed by atoms with E-state index in [0.29, 0.717) is 18.4 Å². The third-order valence-electron chi connectivity index (χ3n) is 8.30. The Morgan fingerprint density at radius 3 is 2.33 bits per heavy atom. The molecule has 12 nitrogen and oxygen atoms in total. The van der Waals surface area contributed by atoms with Gasteiger partial charge in [0.2, 0.25) is 20.0 Å². The largest absolute Gasteiger partial charge is 0.506 e. The highest BCUT2D eigenvalue weighted by molar-refractivity contribution is 7.92. The average Bonchev–Trinajstić information content (AvgIpc) is 3.55. The molecule has 2 atom stereocenters. The molecule has 4 N–H and O–H groups in total. The van der Waals surface area contributed by atoms with Crippen LogP contribution in [0.5, 0.6) is 5.75 Å². The second-order valence-corrected chi connectivity index (χ2v) is 15.3. The minimum Gasteiger partial charge on any atom is -0.506 e. The molecule has 248 valence electrons. The van der Waals surface area contributed by atoms with Crippen LogP contribution in [0.15, 0.2) is 77.7 Å². The highest BCUT2D eigenvalue weighted by Gasteiger charge is 2.40. The van der Waals surface area contributed by atoms with Crippen LogP contribution < -0.4 is 14.9 Å². The number of carbonyl (C=O) groups is 1. The van der Waals surface area contributed by atoms with E-state index >= 15 is 0 Å². The van der Waals surface area contributed by atoms with E-state index in [9.17, 15) is 31.8 Å². The summed E-state index contributed by atoms with van der Waals surface area (Å²) in [6, 6.07) is 19.6. The van der Waals surface area contributed by atoms with E-state index in [2.05, 4.69) is 14.9 Å². The molecule has 5 rings (SSSR count). The van der Waals surface area contributed by atoms with Crippen molar-refractivity contribution in [3.63, 3.8) is 0 Å². The van der Waals surface area contributed by atoms with Crippen LogP contribution in [0, 0.1) is 0 Å². The third kappa shape index (κ3) is 8.36. The summed E-state index contributed by atoms with van der Waals surface area (Å²) in [6.07, 6.45) is 2.67. The second-order valence-electron chi connectivity index (χ2n) is 11.7. The first-order valence-corrected chi connectivity index (χ1v) is 18.5.